The fourth-order valence-electron chi connectivity index (χ4n) is 1.73. The van der Waals surface area contributed by atoms with Crippen LogP contribution in [0, 0.1) is 0 Å². The van der Waals surface area contributed by atoms with Crippen molar-refractivity contribution in [1.82, 2.24) is 0 Å². The maximum absolute atomic E-state index is 5.45. The quantitative estimate of drug-likeness (QED) is 0.720. The Kier molecular flexibility index (Phi) is 4.47. The highest BCUT2D eigenvalue weighted by molar-refractivity contribution is 6.62. The average molecular weight is 226 g/mol. The summed E-state index contributed by atoms with van der Waals surface area (Å²) in [5.41, 5.74) is 1.31. The Labute approximate surface area is 92.3 Å². The van der Waals surface area contributed by atoms with Crippen molar-refractivity contribution < 1.29 is 13.3 Å². The number of benzene rings is 1. The molecule has 0 radical (unpaired) electrons. The van der Waals surface area contributed by atoms with E-state index in [-0.39, 0.29) is 5.54 Å². The van der Waals surface area contributed by atoms with Gasteiger partial charge in [-0.15, -0.1) is 0 Å². The van der Waals surface area contributed by atoms with Gasteiger partial charge in [0.25, 0.3) is 0 Å². The maximum atomic E-state index is 5.45. The highest BCUT2D eigenvalue weighted by Gasteiger charge is 2.45. The van der Waals surface area contributed by atoms with Crippen molar-refractivity contribution in [3.05, 3.63) is 35.9 Å². The molecule has 4 heteroatoms. The van der Waals surface area contributed by atoms with Crippen molar-refractivity contribution in [2.24, 2.45) is 0 Å². The van der Waals surface area contributed by atoms with Crippen molar-refractivity contribution in [1.29, 1.82) is 0 Å². The van der Waals surface area contributed by atoms with Crippen LogP contribution in [0.5, 0.6) is 0 Å². The molecule has 15 heavy (non-hydrogen) atoms. The van der Waals surface area contributed by atoms with Crippen LogP contribution in [0.2, 0.25) is 0 Å². The molecule has 1 rings (SSSR count). The minimum Gasteiger partial charge on any atom is -0.376 e. The van der Waals surface area contributed by atoms with E-state index in [0.29, 0.717) is 0 Å². The monoisotopic (exact) mass is 226 g/mol. The molecule has 1 unspecified atom stereocenters. The van der Waals surface area contributed by atoms with Gasteiger partial charge in [0, 0.05) is 21.3 Å². The molecule has 0 amide bonds. The zero-order valence-electron chi connectivity index (χ0n) is 9.69. The van der Waals surface area contributed by atoms with E-state index in [0.717, 1.165) is 0 Å². The third kappa shape index (κ3) is 2.46. The Morgan fingerprint density at radius 1 is 0.933 bits per heavy atom. The van der Waals surface area contributed by atoms with Crippen molar-refractivity contribution in [2.75, 3.05) is 21.3 Å². The van der Waals surface area contributed by atoms with Gasteiger partial charge < -0.3 is 13.3 Å². The number of hydrogen-bond acceptors (Lipinski definition) is 3. The molecule has 1 aromatic rings. The van der Waals surface area contributed by atoms with E-state index in [4.69, 9.17) is 13.3 Å². The molecule has 0 fully saturated rings. The van der Waals surface area contributed by atoms with E-state index >= 15 is 0 Å². The first kappa shape index (κ1) is 12.4. The van der Waals surface area contributed by atoms with Gasteiger partial charge in [-0.05, 0) is 5.56 Å². The van der Waals surface area contributed by atoms with Gasteiger partial charge in [-0.2, -0.15) is 0 Å². The van der Waals surface area contributed by atoms with Crippen molar-refractivity contribution in [3.63, 3.8) is 0 Å². The van der Waals surface area contributed by atoms with E-state index in [2.05, 4.69) is 19.1 Å². The van der Waals surface area contributed by atoms with E-state index < -0.39 is 8.80 Å². The molecule has 0 bridgehead atoms. The van der Waals surface area contributed by atoms with Crippen LogP contribution in [0.3, 0.4) is 0 Å². The van der Waals surface area contributed by atoms with Crippen LogP contribution in [-0.2, 0) is 13.3 Å². The normalized spacial score (nSPS) is 13.9. The van der Waals surface area contributed by atoms with Crippen LogP contribution in [0.4, 0.5) is 0 Å². The topological polar surface area (TPSA) is 27.7 Å². The van der Waals surface area contributed by atoms with Crippen LogP contribution >= 0.6 is 0 Å². The first-order valence-corrected chi connectivity index (χ1v) is 6.70. The van der Waals surface area contributed by atoms with Crippen molar-refractivity contribution in [2.45, 2.75) is 12.5 Å². The number of hydrogen-bond donors (Lipinski definition) is 0. The summed E-state index contributed by atoms with van der Waals surface area (Å²) in [6.45, 7) is 2.07. The molecule has 0 spiro atoms. The third-order valence-corrected chi connectivity index (χ3v) is 5.78. The fraction of sp³-hybridized carbons (Fsp3) is 0.455. The predicted octanol–water partition coefficient (Wildman–Crippen LogP) is 2.21. The lowest BCUT2D eigenvalue weighted by Crippen LogP contribution is -2.48. The lowest BCUT2D eigenvalue weighted by Gasteiger charge is -2.30. The van der Waals surface area contributed by atoms with Gasteiger partial charge in [-0.25, -0.2) is 0 Å². The van der Waals surface area contributed by atoms with E-state index in [1.54, 1.807) is 21.3 Å². The van der Waals surface area contributed by atoms with Gasteiger partial charge in [0.1, 0.15) is 0 Å². The first-order valence-electron chi connectivity index (χ1n) is 4.90. The summed E-state index contributed by atoms with van der Waals surface area (Å²) in [5.74, 6) is 0. The molecule has 0 aliphatic carbocycles. The third-order valence-electron chi connectivity index (χ3n) is 2.68. The van der Waals surface area contributed by atoms with Gasteiger partial charge >= 0.3 is 8.80 Å². The van der Waals surface area contributed by atoms with Gasteiger partial charge in [-0.3, -0.25) is 0 Å². The van der Waals surface area contributed by atoms with E-state index in [1.807, 2.05) is 18.2 Å². The fourth-order valence-corrected chi connectivity index (χ4v) is 3.89. The Balaban J connectivity index is 2.95. The largest absolute Gasteiger partial charge is 0.507 e. The second kappa shape index (κ2) is 5.41. The molecule has 0 aliphatic rings. The highest BCUT2D eigenvalue weighted by atomic mass is 28.4. The molecule has 1 atom stereocenters. The second-order valence-corrected chi connectivity index (χ2v) is 6.65. The molecule has 0 saturated heterocycles. The van der Waals surface area contributed by atoms with Crippen molar-refractivity contribution >= 4 is 8.80 Å². The second-order valence-electron chi connectivity index (χ2n) is 3.35. The predicted molar refractivity (Wildman–Crippen MR) is 61.6 cm³/mol. The molecular formula is C11H18O3Si. The van der Waals surface area contributed by atoms with Crippen LogP contribution < -0.4 is 0 Å². The van der Waals surface area contributed by atoms with Crippen molar-refractivity contribution in [3.8, 4) is 0 Å². The molecule has 0 aromatic heterocycles. The Bertz CT molecular complexity index is 277. The van der Waals surface area contributed by atoms with Gasteiger partial charge in [0.15, 0.2) is 0 Å². The van der Waals surface area contributed by atoms with Gasteiger partial charge in [0.05, 0.1) is 5.54 Å². The molecule has 3 nitrogen and oxygen atoms in total. The van der Waals surface area contributed by atoms with E-state index in [1.165, 1.54) is 5.56 Å². The van der Waals surface area contributed by atoms with E-state index in [9.17, 15) is 0 Å². The molecule has 84 valence electrons. The summed E-state index contributed by atoms with van der Waals surface area (Å²) >= 11 is 0. The molecular weight excluding hydrogens is 208 g/mol. The zero-order valence-corrected chi connectivity index (χ0v) is 10.7. The molecule has 0 saturated carbocycles. The minimum atomic E-state index is -2.56. The zero-order chi connectivity index (χ0) is 11.3. The SMILES string of the molecule is CO[Si](OC)(OC)C(C)c1ccccc1. The summed E-state index contributed by atoms with van der Waals surface area (Å²) in [6.07, 6.45) is 0. The standard InChI is InChI=1S/C11H18O3Si/c1-10(11-8-6-5-7-9-11)15(12-2,13-3)14-4/h5-10H,1-4H3. The number of rotatable bonds is 5. The lowest BCUT2D eigenvalue weighted by atomic mass is 10.2. The average Bonchev–Trinajstić information content (AvgIpc) is 2.33. The summed E-state index contributed by atoms with van der Waals surface area (Å²) in [4.78, 5) is 0. The van der Waals surface area contributed by atoms with Crippen LogP contribution in [-0.4, -0.2) is 30.1 Å². The Morgan fingerprint density at radius 2 is 1.40 bits per heavy atom. The Hall–Kier alpha value is -0.683. The van der Waals surface area contributed by atoms with Gasteiger partial charge in [0.2, 0.25) is 0 Å². The summed E-state index contributed by atoms with van der Waals surface area (Å²) < 4.78 is 16.3. The smallest absolute Gasteiger partial charge is 0.376 e. The maximum Gasteiger partial charge on any atom is 0.507 e. The minimum absolute atomic E-state index is 0.138. The van der Waals surface area contributed by atoms with Crippen LogP contribution in [0.15, 0.2) is 30.3 Å². The molecule has 0 aliphatic heterocycles. The molecule has 0 heterocycles. The van der Waals surface area contributed by atoms with Gasteiger partial charge in [-0.1, -0.05) is 37.3 Å². The van der Waals surface area contributed by atoms with Crippen LogP contribution in [0.1, 0.15) is 18.0 Å². The lowest BCUT2D eigenvalue weighted by molar-refractivity contribution is 0.114. The Morgan fingerprint density at radius 3 is 1.80 bits per heavy atom. The molecule has 1 aromatic carbocycles. The molecule has 0 N–H and O–H groups in total. The van der Waals surface area contributed by atoms with Crippen LogP contribution in [0.25, 0.3) is 0 Å². The summed E-state index contributed by atoms with van der Waals surface area (Å²) in [7, 11) is 2.35. The summed E-state index contributed by atoms with van der Waals surface area (Å²) in [5, 5.41) is 0. The highest BCUT2D eigenvalue weighted by Crippen LogP contribution is 2.27. The first-order chi connectivity index (χ1) is 7.20. The summed E-state index contributed by atoms with van der Waals surface area (Å²) in [6, 6.07) is 10.1.